The zero-order valence-corrected chi connectivity index (χ0v) is 10.1. The second-order valence-corrected chi connectivity index (χ2v) is 4.70. The molecule has 2 aliphatic heterocycles. The lowest BCUT2D eigenvalue weighted by Gasteiger charge is -2.30. The number of aliphatic imine (C=N–C) groups is 1. The number of nitrogens with zero attached hydrogens (tertiary/aromatic N) is 3. The molecule has 1 saturated carbocycles. The minimum Gasteiger partial charge on any atom is -0.232 e. The van der Waals surface area contributed by atoms with Crippen molar-refractivity contribution in [3.8, 4) is 0 Å². The Bertz CT molecular complexity index is 480. The third-order valence-corrected chi connectivity index (χ3v) is 3.53. The van der Waals surface area contributed by atoms with Gasteiger partial charge in [0, 0.05) is 11.3 Å². The first-order valence-electron chi connectivity index (χ1n) is 5.59. The fraction of sp³-hybridized carbons (Fsp3) is 0.500. The number of hydrazine groups is 2. The molecule has 97 valence electrons. The molecule has 1 N–H and O–H groups in total. The lowest BCUT2D eigenvalue weighted by atomic mass is 9.92. The topological polar surface area (TPSA) is 30.9 Å². The first-order valence-corrected chi connectivity index (χ1v) is 6.00. The smallest absolute Gasteiger partial charge is 0.232 e. The van der Waals surface area contributed by atoms with Crippen molar-refractivity contribution in [1.29, 1.82) is 0 Å². The van der Waals surface area contributed by atoms with E-state index in [9.17, 15) is 13.2 Å². The fourth-order valence-electron chi connectivity index (χ4n) is 2.24. The van der Waals surface area contributed by atoms with Crippen LogP contribution in [0.2, 0.25) is 0 Å². The van der Waals surface area contributed by atoms with Crippen molar-refractivity contribution in [2.45, 2.75) is 32.0 Å². The van der Waals surface area contributed by atoms with Crippen molar-refractivity contribution in [1.82, 2.24) is 15.6 Å². The van der Waals surface area contributed by atoms with Gasteiger partial charge in [-0.25, -0.2) is 15.0 Å². The van der Waals surface area contributed by atoms with Crippen LogP contribution in [0.4, 0.5) is 13.2 Å². The summed E-state index contributed by atoms with van der Waals surface area (Å²) in [5.74, 6) is 0.206. The summed E-state index contributed by atoms with van der Waals surface area (Å²) < 4.78 is 37.8. The largest absolute Gasteiger partial charge is 0.500 e. The van der Waals surface area contributed by atoms with Gasteiger partial charge in [-0.05, 0) is 25.7 Å². The molecule has 0 unspecified atom stereocenters. The Kier molecular flexibility index (Phi) is 2.53. The maximum Gasteiger partial charge on any atom is 0.500 e. The van der Waals surface area contributed by atoms with Crippen molar-refractivity contribution in [2.75, 3.05) is 0 Å². The van der Waals surface area contributed by atoms with Gasteiger partial charge in [0.1, 0.15) is 5.03 Å². The van der Waals surface area contributed by atoms with Gasteiger partial charge in [0.2, 0.25) is 0 Å². The highest BCUT2D eigenvalue weighted by molar-refractivity contribution is 7.84. The SMILES string of the molecule is FC(F)(F)N1C=C2N=C3CCCCC3=C([S])N2N1. The molecule has 0 saturated heterocycles. The highest BCUT2D eigenvalue weighted by Gasteiger charge is 2.43. The summed E-state index contributed by atoms with van der Waals surface area (Å²) in [5, 5.41) is 1.68. The van der Waals surface area contributed by atoms with E-state index in [-0.39, 0.29) is 10.8 Å². The maximum atomic E-state index is 12.6. The molecule has 1 aliphatic carbocycles. The van der Waals surface area contributed by atoms with Gasteiger partial charge in [-0.3, -0.25) is 0 Å². The molecule has 0 aromatic carbocycles. The van der Waals surface area contributed by atoms with E-state index in [4.69, 9.17) is 12.6 Å². The lowest BCUT2D eigenvalue weighted by molar-refractivity contribution is -0.250. The summed E-state index contributed by atoms with van der Waals surface area (Å²) in [7, 11) is 0. The molecule has 1 radical (unpaired) electrons. The minimum atomic E-state index is -4.49. The predicted molar refractivity (Wildman–Crippen MR) is 61.5 cm³/mol. The normalized spacial score (nSPS) is 23.7. The molecule has 0 aromatic rings. The van der Waals surface area contributed by atoms with Crippen LogP contribution < -0.4 is 5.53 Å². The highest BCUT2D eigenvalue weighted by Crippen LogP contribution is 2.37. The minimum absolute atomic E-state index is 0.0661. The first kappa shape index (κ1) is 11.8. The van der Waals surface area contributed by atoms with E-state index in [0.717, 1.165) is 43.2 Å². The maximum absolute atomic E-state index is 12.6. The van der Waals surface area contributed by atoms with Gasteiger partial charge >= 0.3 is 6.30 Å². The molecule has 0 bridgehead atoms. The number of allylic oxidation sites excluding steroid dienone is 1. The Morgan fingerprint density at radius 3 is 2.72 bits per heavy atom. The third-order valence-electron chi connectivity index (χ3n) is 3.10. The van der Waals surface area contributed by atoms with Crippen LogP contribution in [0.3, 0.4) is 0 Å². The summed E-state index contributed by atoms with van der Waals surface area (Å²) in [5.41, 5.74) is 3.92. The standard InChI is InChI=1S/C10H10F3N4S/c11-10(12,13)16-5-8-14-7-4-2-1-3-6(7)9(18)17(8)15-16/h5,15H,1-4H2. The third kappa shape index (κ3) is 1.76. The van der Waals surface area contributed by atoms with E-state index in [2.05, 4.69) is 10.5 Å². The molecule has 2 heterocycles. The molecule has 0 spiro atoms. The molecule has 4 nitrogen and oxygen atoms in total. The van der Waals surface area contributed by atoms with E-state index in [1.165, 1.54) is 5.01 Å². The molecule has 0 amide bonds. The Morgan fingerprint density at radius 2 is 2.00 bits per heavy atom. The van der Waals surface area contributed by atoms with Crippen molar-refractivity contribution in [3.05, 3.63) is 22.6 Å². The van der Waals surface area contributed by atoms with Gasteiger partial charge in [-0.2, -0.15) is 0 Å². The van der Waals surface area contributed by atoms with Gasteiger partial charge < -0.3 is 0 Å². The quantitative estimate of drug-likeness (QED) is 0.690. The van der Waals surface area contributed by atoms with Crippen molar-refractivity contribution in [3.63, 3.8) is 0 Å². The van der Waals surface area contributed by atoms with Crippen LogP contribution in [0.1, 0.15) is 25.7 Å². The van der Waals surface area contributed by atoms with E-state index in [0.29, 0.717) is 5.03 Å². The molecule has 1 fully saturated rings. The molecule has 0 atom stereocenters. The zero-order chi connectivity index (χ0) is 12.9. The van der Waals surface area contributed by atoms with E-state index in [1.54, 1.807) is 0 Å². The van der Waals surface area contributed by atoms with Crippen molar-refractivity contribution < 1.29 is 13.2 Å². The van der Waals surface area contributed by atoms with Crippen LogP contribution in [-0.2, 0) is 0 Å². The number of alkyl halides is 3. The second-order valence-electron chi connectivity index (χ2n) is 4.31. The summed E-state index contributed by atoms with van der Waals surface area (Å²) in [6.07, 6.45) is 0.0154. The van der Waals surface area contributed by atoms with Crippen LogP contribution in [0.15, 0.2) is 27.6 Å². The number of hydrogen-bond acceptors (Lipinski definition) is 4. The average molecular weight is 275 g/mol. The molecular formula is C10H10F3N4S. The number of halogens is 3. The number of nitrogens with one attached hydrogen (secondary N) is 1. The van der Waals surface area contributed by atoms with Gasteiger partial charge in [0.05, 0.1) is 6.20 Å². The van der Waals surface area contributed by atoms with Crippen LogP contribution in [0, 0.1) is 0 Å². The first-order chi connectivity index (χ1) is 8.47. The molecule has 3 aliphatic rings. The fourth-order valence-corrected chi connectivity index (χ4v) is 2.59. The Morgan fingerprint density at radius 1 is 1.28 bits per heavy atom. The van der Waals surface area contributed by atoms with Gasteiger partial charge in [-0.1, -0.05) is 12.6 Å². The Hall–Kier alpha value is -1.28. The van der Waals surface area contributed by atoms with Gasteiger partial charge in [0.15, 0.2) is 5.82 Å². The highest BCUT2D eigenvalue weighted by atomic mass is 32.1. The number of fused-ring (bicyclic) bond motifs is 2. The predicted octanol–water partition coefficient (Wildman–Crippen LogP) is 2.78. The van der Waals surface area contributed by atoms with Crippen LogP contribution in [0.5, 0.6) is 0 Å². The molecular weight excluding hydrogens is 265 g/mol. The Labute approximate surface area is 107 Å². The van der Waals surface area contributed by atoms with Crippen LogP contribution >= 0.6 is 12.6 Å². The Balaban J connectivity index is 1.96. The molecule has 8 heteroatoms. The van der Waals surface area contributed by atoms with Crippen LogP contribution in [0.25, 0.3) is 0 Å². The summed E-state index contributed by atoms with van der Waals surface area (Å²) >= 11 is 5.23. The monoisotopic (exact) mass is 275 g/mol. The lowest BCUT2D eigenvalue weighted by Crippen LogP contribution is -2.47. The molecule has 3 rings (SSSR count). The molecule has 18 heavy (non-hydrogen) atoms. The second kappa shape index (κ2) is 3.86. The van der Waals surface area contributed by atoms with Crippen molar-refractivity contribution in [2.24, 2.45) is 4.99 Å². The summed E-state index contributed by atoms with van der Waals surface area (Å²) in [4.78, 5) is 4.25. The summed E-state index contributed by atoms with van der Waals surface area (Å²) in [6, 6.07) is 0. The van der Waals surface area contributed by atoms with Crippen molar-refractivity contribution >= 4 is 18.3 Å². The number of rotatable bonds is 0. The number of hydrogen-bond donors (Lipinski definition) is 1. The van der Waals surface area contributed by atoms with Gasteiger partial charge in [-0.15, -0.1) is 18.7 Å². The van der Waals surface area contributed by atoms with E-state index < -0.39 is 6.30 Å². The van der Waals surface area contributed by atoms with E-state index >= 15 is 0 Å². The van der Waals surface area contributed by atoms with Gasteiger partial charge in [0.25, 0.3) is 0 Å². The van der Waals surface area contributed by atoms with E-state index in [1.807, 2.05) is 0 Å². The molecule has 0 aromatic heterocycles. The van der Waals surface area contributed by atoms with Crippen LogP contribution in [-0.4, -0.2) is 22.0 Å². The zero-order valence-electron chi connectivity index (χ0n) is 9.29. The summed E-state index contributed by atoms with van der Waals surface area (Å²) in [6.45, 7) is 0. The average Bonchev–Trinajstić information content (AvgIpc) is 2.73.